The number of carbonyl (C=O) groups is 2. The molecule has 0 bridgehead atoms. The first-order valence-electron chi connectivity index (χ1n) is 6.14. The highest BCUT2D eigenvalue weighted by Crippen LogP contribution is 2.17. The van der Waals surface area contributed by atoms with Gasteiger partial charge < -0.3 is 9.84 Å². The van der Waals surface area contributed by atoms with Gasteiger partial charge in [-0.15, -0.1) is 11.3 Å². The number of benzene rings is 1. The fourth-order valence-corrected chi connectivity index (χ4v) is 2.30. The van der Waals surface area contributed by atoms with Crippen molar-refractivity contribution in [3.8, 4) is 0 Å². The van der Waals surface area contributed by atoms with Gasteiger partial charge in [0, 0.05) is 10.9 Å². The summed E-state index contributed by atoms with van der Waals surface area (Å²) in [6, 6.07) is 6.62. The summed E-state index contributed by atoms with van der Waals surface area (Å²) in [5, 5.41) is 13.7. The van der Waals surface area contributed by atoms with Gasteiger partial charge in [0.2, 0.25) is 0 Å². The Bertz CT molecular complexity index is 637. The number of nitrogens with zero attached hydrogens (tertiary/aromatic N) is 1. The Balaban J connectivity index is 2.00. The molecule has 1 amide bonds. The number of carbonyl (C=O) groups excluding carboxylic acids is 2. The Morgan fingerprint density at radius 1 is 1.33 bits per heavy atom. The van der Waals surface area contributed by atoms with E-state index in [2.05, 4.69) is 15.0 Å². The Morgan fingerprint density at radius 2 is 2.05 bits per heavy atom. The number of aliphatic hydroxyl groups excluding tert-OH is 1. The summed E-state index contributed by atoms with van der Waals surface area (Å²) in [5.74, 6) is -0.670. The van der Waals surface area contributed by atoms with Crippen LogP contribution >= 0.6 is 11.3 Å². The lowest BCUT2D eigenvalue weighted by molar-refractivity contribution is -0.139. The fraction of sp³-hybridized carbons (Fsp3) is 0.214. The van der Waals surface area contributed by atoms with Gasteiger partial charge >= 0.3 is 5.97 Å². The van der Waals surface area contributed by atoms with Crippen molar-refractivity contribution in [3.05, 3.63) is 46.5 Å². The summed E-state index contributed by atoms with van der Waals surface area (Å²) in [6.45, 7) is -0.0642. The van der Waals surface area contributed by atoms with Crippen LogP contribution in [0.2, 0.25) is 0 Å². The standard InChI is InChI=1S/C14H14N2O4S/c1-20-12(18)6-11-8-21-14(15-11)16-13(19)10-4-2-9(7-17)3-5-10/h2-5,8,17H,6-7H2,1H3,(H,15,16,19). The Morgan fingerprint density at radius 3 is 2.67 bits per heavy atom. The zero-order chi connectivity index (χ0) is 15.2. The summed E-state index contributed by atoms with van der Waals surface area (Å²) >= 11 is 1.24. The molecule has 0 unspecified atom stereocenters. The molecule has 2 rings (SSSR count). The second kappa shape index (κ2) is 6.96. The average molecular weight is 306 g/mol. The monoisotopic (exact) mass is 306 g/mol. The normalized spacial score (nSPS) is 10.2. The largest absolute Gasteiger partial charge is 0.469 e. The second-order valence-corrected chi connectivity index (χ2v) is 5.06. The van der Waals surface area contributed by atoms with Crippen molar-refractivity contribution in [2.45, 2.75) is 13.0 Å². The number of methoxy groups -OCH3 is 1. The van der Waals surface area contributed by atoms with Crippen LogP contribution in [0, 0.1) is 0 Å². The molecule has 0 aliphatic rings. The molecule has 6 nitrogen and oxygen atoms in total. The van der Waals surface area contributed by atoms with Crippen molar-refractivity contribution in [1.82, 2.24) is 4.98 Å². The number of amides is 1. The lowest BCUT2D eigenvalue weighted by atomic mass is 10.1. The van der Waals surface area contributed by atoms with Gasteiger partial charge in [-0.1, -0.05) is 12.1 Å². The number of hydrogen-bond donors (Lipinski definition) is 2. The summed E-state index contributed by atoms with van der Waals surface area (Å²) in [7, 11) is 1.31. The quantitative estimate of drug-likeness (QED) is 0.819. The van der Waals surface area contributed by atoms with Gasteiger partial charge in [0.1, 0.15) is 0 Å². The van der Waals surface area contributed by atoms with E-state index in [4.69, 9.17) is 5.11 Å². The molecule has 21 heavy (non-hydrogen) atoms. The molecular formula is C14H14N2O4S. The number of anilines is 1. The zero-order valence-electron chi connectivity index (χ0n) is 11.3. The highest BCUT2D eigenvalue weighted by molar-refractivity contribution is 7.14. The van der Waals surface area contributed by atoms with E-state index in [0.29, 0.717) is 16.4 Å². The molecule has 2 N–H and O–H groups in total. The lowest BCUT2D eigenvalue weighted by Crippen LogP contribution is -2.12. The third-order valence-electron chi connectivity index (χ3n) is 2.72. The topological polar surface area (TPSA) is 88.5 Å². The third-order valence-corrected chi connectivity index (χ3v) is 3.53. The van der Waals surface area contributed by atoms with Crippen molar-refractivity contribution in [2.75, 3.05) is 12.4 Å². The smallest absolute Gasteiger partial charge is 0.311 e. The van der Waals surface area contributed by atoms with Gasteiger partial charge in [0.15, 0.2) is 5.13 Å². The number of thiazole rings is 1. The molecule has 0 aliphatic heterocycles. The Kier molecular flexibility index (Phi) is 5.02. The summed E-state index contributed by atoms with van der Waals surface area (Å²) in [4.78, 5) is 27.3. The maximum atomic E-state index is 12.0. The van der Waals surface area contributed by atoms with Gasteiger partial charge in [0.25, 0.3) is 5.91 Å². The molecule has 1 heterocycles. The molecule has 0 spiro atoms. The molecule has 0 aliphatic carbocycles. The van der Waals surface area contributed by atoms with E-state index in [0.717, 1.165) is 5.56 Å². The molecule has 0 fully saturated rings. The maximum Gasteiger partial charge on any atom is 0.311 e. The predicted molar refractivity (Wildman–Crippen MR) is 78.2 cm³/mol. The van der Waals surface area contributed by atoms with Crippen molar-refractivity contribution < 1.29 is 19.4 Å². The van der Waals surface area contributed by atoms with E-state index in [9.17, 15) is 9.59 Å². The van der Waals surface area contributed by atoms with E-state index >= 15 is 0 Å². The highest BCUT2D eigenvalue weighted by atomic mass is 32.1. The lowest BCUT2D eigenvalue weighted by Gasteiger charge is -2.02. The molecule has 1 aromatic heterocycles. The minimum absolute atomic E-state index is 0.0642. The second-order valence-electron chi connectivity index (χ2n) is 4.21. The van der Waals surface area contributed by atoms with E-state index < -0.39 is 0 Å². The fourth-order valence-electron chi connectivity index (χ4n) is 1.60. The highest BCUT2D eigenvalue weighted by Gasteiger charge is 2.11. The van der Waals surface area contributed by atoms with Crippen LogP contribution in [0.25, 0.3) is 0 Å². The summed E-state index contributed by atoms with van der Waals surface area (Å²) in [5.41, 5.74) is 1.76. The van der Waals surface area contributed by atoms with Crippen LogP contribution in [0.5, 0.6) is 0 Å². The van der Waals surface area contributed by atoms with Crippen LogP contribution in [-0.4, -0.2) is 29.1 Å². The molecule has 110 valence electrons. The van der Waals surface area contributed by atoms with Crippen molar-refractivity contribution in [1.29, 1.82) is 0 Å². The van der Waals surface area contributed by atoms with Crippen LogP contribution in [-0.2, 0) is 22.6 Å². The molecule has 1 aromatic carbocycles. The zero-order valence-corrected chi connectivity index (χ0v) is 12.1. The molecule has 7 heteroatoms. The minimum atomic E-state index is -0.377. The molecule has 0 saturated carbocycles. The summed E-state index contributed by atoms with van der Waals surface area (Å²) in [6.07, 6.45) is 0.0774. The van der Waals surface area contributed by atoms with Gasteiger partial charge in [-0.05, 0) is 17.7 Å². The van der Waals surface area contributed by atoms with Crippen LogP contribution in [0.15, 0.2) is 29.6 Å². The van der Waals surface area contributed by atoms with Crippen molar-refractivity contribution in [2.24, 2.45) is 0 Å². The maximum absolute atomic E-state index is 12.0. The number of ether oxygens (including phenoxy) is 1. The van der Waals surface area contributed by atoms with E-state index in [1.807, 2.05) is 0 Å². The average Bonchev–Trinajstić information content (AvgIpc) is 2.94. The van der Waals surface area contributed by atoms with Crippen LogP contribution in [0.3, 0.4) is 0 Å². The minimum Gasteiger partial charge on any atom is -0.469 e. The predicted octanol–water partition coefficient (Wildman–Crippen LogP) is 1.60. The van der Waals surface area contributed by atoms with E-state index in [-0.39, 0.29) is 24.9 Å². The molecule has 0 atom stereocenters. The van der Waals surface area contributed by atoms with E-state index in [1.54, 1.807) is 29.6 Å². The van der Waals surface area contributed by atoms with E-state index in [1.165, 1.54) is 18.4 Å². The first kappa shape index (κ1) is 15.1. The number of esters is 1. The number of rotatable bonds is 5. The van der Waals surface area contributed by atoms with Gasteiger partial charge in [-0.2, -0.15) is 0 Å². The van der Waals surface area contributed by atoms with Crippen LogP contribution < -0.4 is 5.32 Å². The van der Waals surface area contributed by atoms with Crippen molar-refractivity contribution >= 4 is 28.3 Å². The van der Waals surface area contributed by atoms with Crippen molar-refractivity contribution in [3.63, 3.8) is 0 Å². The van der Waals surface area contributed by atoms with Gasteiger partial charge in [0.05, 0.1) is 25.8 Å². The third kappa shape index (κ3) is 4.11. The molecule has 0 saturated heterocycles. The number of hydrogen-bond acceptors (Lipinski definition) is 6. The molecular weight excluding hydrogens is 292 g/mol. The number of nitrogens with one attached hydrogen (secondary N) is 1. The number of aliphatic hydroxyl groups is 1. The van der Waals surface area contributed by atoms with Gasteiger partial charge in [-0.3, -0.25) is 14.9 Å². The molecule has 2 aromatic rings. The summed E-state index contributed by atoms with van der Waals surface area (Å²) < 4.78 is 4.55. The van der Waals surface area contributed by atoms with Crippen LogP contribution in [0.4, 0.5) is 5.13 Å². The Labute approximate surface area is 125 Å². The SMILES string of the molecule is COC(=O)Cc1csc(NC(=O)c2ccc(CO)cc2)n1. The Hall–Kier alpha value is -2.25. The van der Waals surface area contributed by atoms with Crippen LogP contribution in [0.1, 0.15) is 21.6 Å². The number of aromatic nitrogens is 1. The first-order valence-corrected chi connectivity index (χ1v) is 7.02. The van der Waals surface area contributed by atoms with Gasteiger partial charge in [-0.25, -0.2) is 4.98 Å². The molecule has 0 radical (unpaired) electrons. The first-order chi connectivity index (χ1) is 10.1.